The molecule has 1 aromatic heterocycles. The maximum absolute atomic E-state index is 5.79. The third kappa shape index (κ3) is 6.03. The van der Waals surface area contributed by atoms with Crippen molar-refractivity contribution in [1.29, 1.82) is 0 Å². The van der Waals surface area contributed by atoms with Crippen LogP contribution in [0.25, 0.3) is 10.9 Å². The van der Waals surface area contributed by atoms with E-state index in [0.717, 1.165) is 112 Å². The number of ether oxygens (including phenoxy) is 1. The average molecular weight is 492 g/mol. The molecule has 0 saturated carbocycles. The Kier molecular flexibility index (Phi) is 8.10. The first-order valence-electron chi connectivity index (χ1n) is 13.6. The van der Waals surface area contributed by atoms with Gasteiger partial charge in [0, 0.05) is 31.1 Å². The van der Waals surface area contributed by atoms with E-state index in [9.17, 15) is 0 Å². The van der Waals surface area contributed by atoms with Crippen LogP contribution in [0.2, 0.25) is 0 Å². The highest BCUT2D eigenvalue weighted by molar-refractivity contribution is 5.93. The summed E-state index contributed by atoms with van der Waals surface area (Å²) < 4.78 is 5.79. The average Bonchev–Trinajstić information content (AvgIpc) is 3.31. The second-order valence-electron chi connectivity index (χ2n) is 10.6. The highest BCUT2D eigenvalue weighted by Crippen LogP contribution is 2.31. The van der Waals surface area contributed by atoms with Gasteiger partial charge in [0.15, 0.2) is 0 Å². The zero-order chi connectivity index (χ0) is 24.9. The molecule has 2 aromatic rings. The van der Waals surface area contributed by atoms with Crippen LogP contribution >= 0.6 is 0 Å². The highest BCUT2D eigenvalue weighted by atomic mass is 16.5. The Labute approximate surface area is 216 Å². The monoisotopic (exact) mass is 491 g/mol. The van der Waals surface area contributed by atoms with Gasteiger partial charge in [0.1, 0.15) is 11.6 Å². The van der Waals surface area contributed by atoms with Crippen molar-refractivity contribution in [3.63, 3.8) is 0 Å². The minimum absolute atomic E-state index is 0.411. The standard InChI is InChI=1S/C28H41N7O/c1-32-11-7-15-35(19-18-32)28-30-25-20-22(8-6-14-34-12-4-5-13-34)26(36-3)21-24(25)27(31-28)29-23-9-16-33(2)17-10-23/h20-21,23H,4-5,7,9-19H2,1-3H3,(H,29,30,31). The summed E-state index contributed by atoms with van der Waals surface area (Å²) in [4.78, 5) is 19.7. The van der Waals surface area contributed by atoms with Crippen molar-refractivity contribution in [2.45, 2.75) is 38.1 Å². The third-order valence-electron chi connectivity index (χ3n) is 7.79. The van der Waals surface area contributed by atoms with Gasteiger partial charge in [-0.15, -0.1) is 0 Å². The molecular formula is C28H41N7O. The molecule has 5 rings (SSSR count). The van der Waals surface area contributed by atoms with E-state index in [1.165, 1.54) is 12.8 Å². The van der Waals surface area contributed by atoms with Gasteiger partial charge in [-0.1, -0.05) is 11.8 Å². The molecule has 0 spiro atoms. The lowest BCUT2D eigenvalue weighted by Crippen LogP contribution is -2.37. The van der Waals surface area contributed by atoms with Crippen molar-refractivity contribution < 1.29 is 4.74 Å². The Hall–Kier alpha value is -2.60. The number of fused-ring (bicyclic) bond motifs is 1. The maximum atomic E-state index is 5.79. The van der Waals surface area contributed by atoms with Gasteiger partial charge in [0.05, 0.1) is 24.7 Å². The van der Waals surface area contributed by atoms with E-state index in [4.69, 9.17) is 14.7 Å². The number of methoxy groups -OCH3 is 1. The molecule has 3 fully saturated rings. The van der Waals surface area contributed by atoms with E-state index in [0.29, 0.717) is 6.04 Å². The molecule has 0 amide bonds. The largest absolute Gasteiger partial charge is 0.495 e. The number of likely N-dealkylation sites (N-methyl/N-ethyl adjacent to an activating group) is 1. The zero-order valence-electron chi connectivity index (χ0n) is 22.2. The molecule has 3 aliphatic heterocycles. The van der Waals surface area contributed by atoms with Crippen molar-refractivity contribution >= 4 is 22.7 Å². The summed E-state index contributed by atoms with van der Waals surface area (Å²) in [5.74, 6) is 9.27. The summed E-state index contributed by atoms with van der Waals surface area (Å²) in [5, 5.41) is 4.79. The smallest absolute Gasteiger partial charge is 0.227 e. The van der Waals surface area contributed by atoms with Gasteiger partial charge in [-0.05, 0) is 91.1 Å². The summed E-state index contributed by atoms with van der Waals surface area (Å²) in [5.41, 5.74) is 1.83. The Bertz CT molecular complexity index is 1100. The van der Waals surface area contributed by atoms with E-state index < -0.39 is 0 Å². The van der Waals surface area contributed by atoms with E-state index >= 15 is 0 Å². The van der Waals surface area contributed by atoms with Crippen LogP contribution in [0.4, 0.5) is 11.8 Å². The minimum Gasteiger partial charge on any atom is -0.495 e. The maximum Gasteiger partial charge on any atom is 0.227 e. The quantitative estimate of drug-likeness (QED) is 0.641. The van der Waals surface area contributed by atoms with E-state index in [2.05, 4.69) is 63.0 Å². The number of nitrogens with zero attached hydrogens (tertiary/aromatic N) is 6. The zero-order valence-corrected chi connectivity index (χ0v) is 22.2. The van der Waals surface area contributed by atoms with Crippen molar-refractivity contribution in [2.75, 3.05) is 90.3 Å². The molecule has 4 heterocycles. The predicted molar refractivity (Wildman–Crippen MR) is 147 cm³/mol. The summed E-state index contributed by atoms with van der Waals surface area (Å²) in [6.45, 7) is 9.36. The van der Waals surface area contributed by atoms with Crippen LogP contribution in [0.15, 0.2) is 12.1 Å². The molecule has 194 valence electrons. The molecule has 8 nitrogen and oxygen atoms in total. The molecule has 36 heavy (non-hydrogen) atoms. The van der Waals surface area contributed by atoms with Gasteiger partial charge >= 0.3 is 0 Å². The molecular weight excluding hydrogens is 450 g/mol. The second kappa shape index (κ2) is 11.6. The van der Waals surface area contributed by atoms with Crippen molar-refractivity contribution in [3.05, 3.63) is 17.7 Å². The fraction of sp³-hybridized carbons (Fsp3) is 0.643. The Morgan fingerprint density at radius 3 is 2.47 bits per heavy atom. The molecule has 3 saturated heterocycles. The fourth-order valence-electron chi connectivity index (χ4n) is 5.44. The van der Waals surface area contributed by atoms with Crippen LogP contribution in [0, 0.1) is 11.8 Å². The predicted octanol–water partition coefficient (Wildman–Crippen LogP) is 2.73. The molecule has 0 bridgehead atoms. The van der Waals surface area contributed by atoms with E-state index in [1.54, 1.807) is 7.11 Å². The fourth-order valence-corrected chi connectivity index (χ4v) is 5.44. The number of hydrogen-bond donors (Lipinski definition) is 1. The molecule has 0 atom stereocenters. The van der Waals surface area contributed by atoms with Crippen molar-refractivity contribution in [2.24, 2.45) is 0 Å². The van der Waals surface area contributed by atoms with Crippen LogP contribution in [-0.4, -0.2) is 111 Å². The van der Waals surface area contributed by atoms with Gasteiger partial charge in [-0.3, -0.25) is 4.90 Å². The van der Waals surface area contributed by atoms with Gasteiger partial charge in [0.2, 0.25) is 5.95 Å². The molecule has 8 heteroatoms. The number of likely N-dealkylation sites (tertiary alicyclic amines) is 2. The Morgan fingerprint density at radius 2 is 1.69 bits per heavy atom. The third-order valence-corrected chi connectivity index (χ3v) is 7.79. The first-order valence-corrected chi connectivity index (χ1v) is 13.6. The lowest BCUT2D eigenvalue weighted by Gasteiger charge is -2.30. The first kappa shape index (κ1) is 25.1. The summed E-state index contributed by atoms with van der Waals surface area (Å²) >= 11 is 0. The van der Waals surface area contributed by atoms with Crippen LogP contribution in [-0.2, 0) is 0 Å². The number of hydrogen-bond acceptors (Lipinski definition) is 8. The second-order valence-corrected chi connectivity index (χ2v) is 10.6. The molecule has 0 radical (unpaired) electrons. The van der Waals surface area contributed by atoms with Crippen LogP contribution in [0.3, 0.4) is 0 Å². The first-order chi connectivity index (χ1) is 17.6. The van der Waals surface area contributed by atoms with Crippen LogP contribution in [0.5, 0.6) is 5.75 Å². The van der Waals surface area contributed by atoms with Crippen LogP contribution in [0.1, 0.15) is 37.7 Å². The Balaban J connectivity index is 1.50. The summed E-state index contributed by atoms with van der Waals surface area (Å²) in [7, 11) is 6.11. The normalized spacial score (nSPS) is 20.8. The number of benzene rings is 1. The number of anilines is 2. The van der Waals surface area contributed by atoms with E-state index in [1.807, 2.05) is 0 Å². The SMILES string of the molecule is COc1cc2c(NC3CCN(C)CC3)nc(N3CCCN(C)CC3)nc2cc1C#CCN1CCCC1. The number of rotatable bonds is 5. The van der Waals surface area contributed by atoms with Crippen molar-refractivity contribution in [1.82, 2.24) is 24.7 Å². The lowest BCUT2D eigenvalue weighted by molar-refractivity contribution is 0.264. The minimum atomic E-state index is 0.411. The number of aromatic nitrogens is 2. The number of piperidine rings is 1. The summed E-state index contributed by atoms with van der Waals surface area (Å²) in [6.07, 6.45) is 5.90. The van der Waals surface area contributed by atoms with Gasteiger partial charge in [0.25, 0.3) is 0 Å². The molecule has 1 aromatic carbocycles. The highest BCUT2D eigenvalue weighted by Gasteiger charge is 2.22. The molecule has 3 aliphatic rings. The lowest BCUT2D eigenvalue weighted by atomic mass is 10.0. The topological polar surface area (TPSA) is 60.0 Å². The molecule has 1 N–H and O–H groups in total. The Morgan fingerprint density at radius 1 is 0.917 bits per heavy atom. The summed E-state index contributed by atoms with van der Waals surface area (Å²) in [6, 6.07) is 4.58. The van der Waals surface area contributed by atoms with E-state index in [-0.39, 0.29) is 0 Å². The van der Waals surface area contributed by atoms with Crippen molar-refractivity contribution in [3.8, 4) is 17.6 Å². The van der Waals surface area contributed by atoms with Crippen LogP contribution < -0.4 is 15.0 Å². The molecule has 0 aliphatic carbocycles. The van der Waals surface area contributed by atoms with Gasteiger partial charge in [-0.2, -0.15) is 4.98 Å². The van der Waals surface area contributed by atoms with Gasteiger partial charge < -0.3 is 24.8 Å². The van der Waals surface area contributed by atoms with Gasteiger partial charge in [-0.25, -0.2) is 4.98 Å². The number of nitrogens with one attached hydrogen (secondary N) is 1. The molecule has 0 unspecified atom stereocenters.